The summed E-state index contributed by atoms with van der Waals surface area (Å²) in [5.74, 6) is 1.40. The van der Waals surface area contributed by atoms with E-state index in [-0.39, 0.29) is 0 Å². The molecule has 2 heteroatoms. The second kappa shape index (κ2) is 10.3. The molecule has 0 atom stereocenters. The van der Waals surface area contributed by atoms with Crippen molar-refractivity contribution < 1.29 is 0 Å². The molecule has 2 nitrogen and oxygen atoms in total. The Hall–Kier alpha value is -0.530. The first-order valence-corrected chi connectivity index (χ1v) is 10.2. The molecule has 1 N–H and O–H groups in total. The molecule has 0 aromatic rings. The fourth-order valence-electron chi connectivity index (χ4n) is 4.30. The van der Waals surface area contributed by atoms with Gasteiger partial charge >= 0.3 is 0 Å². The standard InChI is InChI=1S/C20H38N2/c1-2-3-4-5-6-9-14-20(15-10-7-11-16-20)19-21-17-12-8-13-18-22-19/h2-18H2,1H3,(H,21,22). The van der Waals surface area contributed by atoms with E-state index in [2.05, 4.69) is 12.2 Å². The van der Waals surface area contributed by atoms with E-state index in [1.54, 1.807) is 0 Å². The van der Waals surface area contributed by atoms with Gasteiger partial charge in [-0.1, -0.05) is 64.7 Å². The van der Waals surface area contributed by atoms with Crippen molar-refractivity contribution in [2.24, 2.45) is 10.4 Å². The van der Waals surface area contributed by atoms with Crippen molar-refractivity contribution in [2.75, 3.05) is 13.1 Å². The molecule has 2 rings (SSSR count). The van der Waals surface area contributed by atoms with E-state index in [0.717, 1.165) is 13.1 Å². The first-order valence-electron chi connectivity index (χ1n) is 10.2. The summed E-state index contributed by atoms with van der Waals surface area (Å²) in [5.41, 5.74) is 0.417. The van der Waals surface area contributed by atoms with Crippen LogP contribution in [0.3, 0.4) is 0 Å². The van der Waals surface area contributed by atoms with Crippen molar-refractivity contribution in [2.45, 2.75) is 103 Å². The van der Waals surface area contributed by atoms with Crippen LogP contribution in [-0.2, 0) is 0 Å². The molecule has 0 unspecified atom stereocenters. The minimum atomic E-state index is 0.417. The van der Waals surface area contributed by atoms with Gasteiger partial charge in [-0.15, -0.1) is 0 Å². The zero-order valence-corrected chi connectivity index (χ0v) is 15.0. The van der Waals surface area contributed by atoms with Gasteiger partial charge in [0.15, 0.2) is 0 Å². The molecule has 0 aromatic carbocycles. The van der Waals surface area contributed by atoms with E-state index in [4.69, 9.17) is 4.99 Å². The molecule has 1 aliphatic carbocycles. The van der Waals surface area contributed by atoms with Gasteiger partial charge in [-0.25, -0.2) is 0 Å². The first kappa shape index (κ1) is 17.8. The van der Waals surface area contributed by atoms with Gasteiger partial charge in [0.1, 0.15) is 5.84 Å². The highest BCUT2D eigenvalue weighted by Gasteiger charge is 2.36. The van der Waals surface area contributed by atoms with Gasteiger partial charge < -0.3 is 5.32 Å². The molecule has 1 aliphatic heterocycles. The zero-order chi connectivity index (χ0) is 15.5. The fraction of sp³-hybridized carbons (Fsp3) is 0.950. The molecule has 1 saturated carbocycles. The summed E-state index contributed by atoms with van der Waals surface area (Å²) < 4.78 is 0. The van der Waals surface area contributed by atoms with Gasteiger partial charge in [0.2, 0.25) is 0 Å². The molecule has 2 aliphatic rings. The minimum absolute atomic E-state index is 0.417. The average molecular weight is 307 g/mol. The Morgan fingerprint density at radius 2 is 1.59 bits per heavy atom. The van der Waals surface area contributed by atoms with Gasteiger partial charge in [0, 0.05) is 18.5 Å². The van der Waals surface area contributed by atoms with E-state index < -0.39 is 0 Å². The molecule has 0 aromatic heterocycles. The Morgan fingerprint density at radius 3 is 2.41 bits per heavy atom. The van der Waals surface area contributed by atoms with E-state index in [9.17, 15) is 0 Å². The van der Waals surface area contributed by atoms with Crippen LogP contribution < -0.4 is 5.32 Å². The van der Waals surface area contributed by atoms with Crippen molar-refractivity contribution in [1.82, 2.24) is 5.32 Å². The lowest BCUT2D eigenvalue weighted by atomic mass is 9.69. The van der Waals surface area contributed by atoms with Crippen LogP contribution in [0.25, 0.3) is 0 Å². The highest BCUT2D eigenvalue weighted by molar-refractivity contribution is 5.88. The number of unbranched alkanes of at least 4 members (excludes halogenated alkanes) is 5. The number of aliphatic imine (C=N–C) groups is 1. The largest absolute Gasteiger partial charge is 0.373 e. The Kier molecular flexibility index (Phi) is 8.33. The van der Waals surface area contributed by atoms with Crippen molar-refractivity contribution in [1.29, 1.82) is 0 Å². The Labute approximate surface area is 138 Å². The summed E-state index contributed by atoms with van der Waals surface area (Å²) in [6, 6.07) is 0. The normalized spacial score (nSPS) is 22.3. The van der Waals surface area contributed by atoms with Crippen molar-refractivity contribution in [3.05, 3.63) is 0 Å². The van der Waals surface area contributed by atoms with Gasteiger partial charge in [-0.3, -0.25) is 4.99 Å². The molecule has 22 heavy (non-hydrogen) atoms. The first-order chi connectivity index (χ1) is 10.9. The Balaban J connectivity index is 1.88. The lowest BCUT2D eigenvalue weighted by molar-refractivity contribution is 0.248. The molecule has 1 fully saturated rings. The fourth-order valence-corrected chi connectivity index (χ4v) is 4.30. The summed E-state index contributed by atoms with van der Waals surface area (Å²) in [5, 5.41) is 3.74. The Morgan fingerprint density at radius 1 is 0.864 bits per heavy atom. The smallest absolute Gasteiger partial charge is 0.103 e. The summed E-state index contributed by atoms with van der Waals surface area (Å²) in [6.45, 7) is 4.51. The van der Waals surface area contributed by atoms with Crippen LogP contribution in [0.2, 0.25) is 0 Å². The molecular weight excluding hydrogens is 268 g/mol. The van der Waals surface area contributed by atoms with Gasteiger partial charge in [-0.2, -0.15) is 0 Å². The molecule has 1 heterocycles. The number of rotatable bonds is 8. The Bertz CT molecular complexity index is 316. The number of amidine groups is 1. The maximum Gasteiger partial charge on any atom is 0.103 e. The summed E-state index contributed by atoms with van der Waals surface area (Å²) in [7, 11) is 0. The van der Waals surface area contributed by atoms with Crippen LogP contribution in [0.15, 0.2) is 4.99 Å². The van der Waals surface area contributed by atoms with Gasteiger partial charge in [-0.05, 0) is 38.5 Å². The van der Waals surface area contributed by atoms with Gasteiger partial charge in [0.25, 0.3) is 0 Å². The second-order valence-electron chi connectivity index (χ2n) is 7.58. The van der Waals surface area contributed by atoms with Crippen LogP contribution in [0, 0.1) is 5.41 Å². The van der Waals surface area contributed by atoms with E-state index in [1.165, 1.54) is 102 Å². The number of hydrogen-bond acceptors (Lipinski definition) is 2. The van der Waals surface area contributed by atoms with Crippen LogP contribution in [0.1, 0.15) is 103 Å². The molecule has 128 valence electrons. The quantitative estimate of drug-likeness (QED) is 0.558. The summed E-state index contributed by atoms with van der Waals surface area (Å²) >= 11 is 0. The van der Waals surface area contributed by atoms with E-state index in [1.807, 2.05) is 0 Å². The molecule has 0 spiro atoms. The van der Waals surface area contributed by atoms with Crippen molar-refractivity contribution in [3.63, 3.8) is 0 Å². The maximum atomic E-state index is 5.01. The number of nitrogens with one attached hydrogen (secondary N) is 1. The lowest BCUT2D eigenvalue weighted by Crippen LogP contribution is -2.43. The van der Waals surface area contributed by atoms with Crippen molar-refractivity contribution in [3.8, 4) is 0 Å². The monoisotopic (exact) mass is 306 g/mol. The minimum Gasteiger partial charge on any atom is -0.373 e. The second-order valence-corrected chi connectivity index (χ2v) is 7.58. The van der Waals surface area contributed by atoms with Gasteiger partial charge in [0.05, 0.1) is 0 Å². The molecule has 0 amide bonds. The van der Waals surface area contributed by atoms with Crippen LogP contribution in [0.4, 0.5) is 0 Å². The highest BCUT2D eigenvalue weighted by atomic mass is 15.0. The third kappa shape index (κ3) is 5.59. The van der Waals surface area contributed by atoms with Crippen molar-refractivity contribution >= 4 is 5.84 Å². The number of hydrogen-bond donors (Lipinski definition) is 1. The molecule has 0 saturated heterocycles. The third-order valence-electron chi connectivity index (χ3n) is 5.72. The highest BCUT2D eigenvalue weighted by Crippen LogP contribution is 2.41. The predicted molar refractivity (Wildman–Crippen MR) is 97.7 cm³/mol. The lowest BCUT2D eigenvalue weighted by Gasteiger charge is -2.39. The van der Waals surface area contributed by atoms with E-state index >= 15 is 0 Å². The van der Waals surface area contributed by atoms with Crippen LogP contribution in [0.5, 0.6) is 0 Å². The third-order valence-corrected chi connectivity index (χ3v) is 5.72. The summed E-state index contributed by atoms with van der Waals surface area (Å²) in [4.78, 5) is 5.01. The van der Waals surface area contributed by atoms with E-state index in [0.29, 0.717) is 5.41 Å². The van der Waals surface area contributed by atoms with Crippen LogP contribution >= 0.6 is 0 Å². The molecule has 0 bridgehead atoms. The SMILES string of the molecule is CCCCCCCCC1(C2=NCCCCCN2)CCCCC1. The predicted octanol–water partition coefficient (Wildman–Crippen LogP) is 5.86. The molecular formula is C20H38N2. The summed E-state index contributed by atoms with van der Waals surface area (Å²) in [6.07, 6.45) is 20.8. The average Bonchev–Trinajstić information content (AvgIpc) is 2.51. The zero-order valence-electron chi connectivity index (χ0n) is 15.0. The topological polar surface area (TPSA) is 24.4 Å². The van der Waals surface area contributed by atoms with Crippen LogP contribution in [-0.4, -0.2) is 18.9 Å². The number of nitrogens with zero attached hydrogens (tertiary/aromatic N) is 1. The maximum absolute atomic E-state index is 5.01. The molecule has 0 radical (unpaired) electrons.